The van der Waals surface area contributed by atoms with Crippen LogP contribution in [-0.2, 0) is 19.1 Å². The Hall–Kier alpha value is -3.10. The summed E-state index contributed by atoms with van der Waals surface area (Å²) in [6.07, 6.45) is 2.87. The second-order valence-electron chi connectivity index (χ2n) is 6.93. The second-order valence-corrected chi connectivity index (χ2v) is 6.93. The molecule has 1 saturated carbocycles. The average molecular weight is 389 g/mol. The van der Waals surface area contributed by atoms with Crippen LogP contribution in [0.5, 0.6) is 5.75 Å². The molecular weight excluding hydrogens is 366 g/mol. The number of urea groups is 1. The summed E-state index contributed by atoms with van der Waals surface area (Å²) in [5.41, 5.74) is 1.28. The number of esters is 1. The molecule has 2 N–H and O–H groups in total. The summed E-state index contributed by atoms with van der Waals surface area (Å²) in [4.78, 5) is 48.7. The van der Waals surface area contributed by atoms with Crippen LogP contribution in [0.3, 0.4) is 0 Å². The lowest BCUT2D eigenvalue weighted by atomic mass is 9.82. The zero-order valence-electron chi connectivity index (χ0n) is 15.6. The number of ether oxygens (including phenoxy) is 2. The molecule has 4 amide bonds. The molecule has 2 fully saturated rings. The van der Waals surface area contributed by atoms with Gasteiger partial charge in [-0.25, -0.2) is 9.59 Å². The summed E-state index contributed by atoms with van der Waals surface area (Å²) in [7, 11) is 0. The van der Waals surface area contributed by atoms with E-state index in [-0.39, 0.29) is 0 Å². The predicted molar refractivity (Wildman–Crippen MR) is 96.8 cm³/mol. The van der Waals surface area contributed by atoms with Crippen LogP contribution in [0.4, 0.5) is 4.79 Å². The Kier molecular flexibility index (Phi) is 5.81. The topological polar surface area (TPSA) is 114 Å². The fourth-order valence-corrected chi connectivity index (χ4v) is 3.38. The van der Waals surface area contributed by atoms with Gasteiger partial charge in [0.2, 0.25) is 0 Å². The first-order valence-electron chi connectivity index (χ1n) is 9.26. The largest absolute Gasteiger partial charge is 0.479 e. The normalized spacial score (nSPS) is 19.1. The fourth-order valence-electron chi connectivity index (χ4n) is 3.38. The third kappa shape index (κ3) is 4.24. The van der Waals surface area contributed by atoms with E-state index in [2.05, 4.69) is 10.7 Å². The van der Waals surface area contributed by atoms with Crippen molar-refractivity contribution in [2.45, 2.75) is 50.7 Å². The predicted octanol–water partition coefficient (Wildman–Crippen LogP) is 1.28. The maximum absolute atomic E-state index is 12.6. The Morgan fingerprint density at radius 1 is 1.18 bits per heavy atom. The Morgan fingerprint density at radius 2 is 1.86 bits per heavy atom. The SMILES string of the molecule is C[C@@H](Oc1ccccc1)C(=O)OCC(=O)NN1C(=O)NC2(CCCCC2)C1=O. The summed E-state index contributed by atoms with van der Waals surface area (Å²) in [5, 5.41) is 3.35. The number of hydrogen-bond donors (Lipinski definition) is 2. The molecule has 0 bridgehead atoms. The van der Waals surface area contributed by atoms with Gasteiger partial charge in [-0.3, -0.25) is 15.0 Å². The zero-order chi connectivity index (χ0) is 20.1. The van der Waals surface area contributed by atoms with Crippen LogP contribution < -0.4 is 15.5 Å². The van der Waals surface area contributed by atoms with Crippen LogP contribution in [-0.4, -0.2) is 47.1 Å². The van der Waals surface area contributed by atoms with E-state index in [4.69, 9.17) is 9.47 Å². The van der Waals surface area contributed by atoms with Crippen molar-refractivity contribution in [3.8, 4) is 5.75 Å². The van der Waals surface area contributed by atoms with E-state index in [0.29, 0.717) is 23.6 Å². The summed E-state index contributed by atoms with van der Waals surface area (Å²) < 4.78 is 10.3. The standard InChI is InChI=1S/C19H23N3O6/c1-13(28-14-8-4-2-5-9-14)16(24)27-12-15(23)21-22-17(25)19(20-18(22)26)10-6-3-7-11-19/h2,4-5,8-9,13H,3,6-7,10-12H2,1H3,(H,20,26)(H,21,23)/t13-/m1/s1. The second kappa shape index (κ2) is 8.28. The van der Waals surface area contributed by atoms with Gasteiger partial charge in [0.05, 0.1) is 0 Å². The van der Waals surface area contributed by atoms with E-state index < -0.39 is 42.1 Å². The van der Waals surface area contributed by atoms with Gasteiger partial charge in [0.25, 0.3) is 11.8 Å². The van der Waals surface area contributed by atoms with Crippen molar-refractivity contribution < 1.29 is 28.7 Å². The number of carbonyl (C=O) groups is 4. The third-order valence-corrected chi connectivity index (χ3v) is 4.84. The van der Waals surface area contributed by atoms with Crippen LogP contribution in [0, 0.1) is 0 Å². The van der Waals surface area contributed by atoms with Crippen molar-refractivity contribution in [1.82, 2.24) is 15.8 Å². The van der Waals surface area contributed by atoms with E-state index in [1.165, 1.54) is 6.92 Å². The van der Waals surface area contributed by atoms with Gasteiger partial charge in [0.15, 0.2) is 12.7 Å². The molecule has 1 aliphatic carbocycles. The number of para-hydroxylation sites is 1. The van der Waals surface area contributed by atoms with E-state index >= 15 is 0 Å². The van der Waals surface area contributed by atoms with Gasteiger partial charge in [-0.15, -0.1) is 0 Å². The van der Waals surface area contributed by atoms with E-state index in [1.54, 1.807) is 24.3 Å². The third-order valence-electron chi connectivity index (χ3n) is 4.84. The number of benzene rings is 1. The molecule has 1 aliphatic heterocycles. The molecule has 1 saturated heterocycles. The number of nitrogens with one attached hydrogen (secondary N) is 2. The first kappa shape index (κ1) is 19.7. The van der Waals surface area contributed by atoms with E-state index in [1.807, 2.05) is 6.07 Å². The van der Waals surface area contributed by atoms with Crippen molar-refractivity contribution in [3.05, 3.63) is 30.3 Å². The number of nitrogens with zero attached hydrogens (tertiary/aromatic N) is 1. The lowest BCUT2D eigenvalue weighted by molar-refractivity contribution is -0.156. The summed E-state index contributed by atoms with van der Waals surface area (Å²) in [6.45, 7) is 0.864. The summed E-state index contributed by atoms with van der Waals surface area (Å²) >= 11 is 0. The molecule has 0 radical (unpaired) electrons. The molecule has 0 unspecified atom stereocenters. The lowest BCUT2D eigenvalue weighted by Crippen LogP contribution is -2.51. The van der Waals surface area contributed by atoms with E-state index in [0.717, 1.165) is 19.3 Å². The minimum atomic E-state index is -0.933. The Bertz CT molecular complexity index is 760. The molecular formula is C19H23N3O6. The van der Waals surface area contributed by atoms with Crippen LogP contribution in [0.25, 0.3) is 0 Å². The van der Waals surface area contributed by atoms with Crippen LogP contribution in [0.2, 0.25) is 0 Å². The molecule has 28 heavy (non-hydrogen) atoms. The fraction of sp³-hybridized carbons (Fsp3) is 0.474. The minimum Gasteiger partial charge on any atom is -0.479 e. The molecule has 1 spiro atoms. The highest BCUT2D eigenvalue weighted by Crippen LogP contribution is 2.32. The summed E-state index contributed by atoms with van der Waals surface area (Å²) in [6, 6.07) is 8.04. The van der Waals surface area contributed by atoms with Gasteiger partial charge in [-0.05, 0) is 31.9 Å². The maximum Gasteiger partial charge on any atom is 0.347 e. The summed E-state index contributed by atoms with van der Waals surface area (Å²) in [5.74, 6) is -1.50. The molecule has 1 atom stereocenters. The molecule has 2 aliphatic rings. The molecule has 1 aromatic rings. The smallest absolute Gasteiger partial charge is 0.347 e. The zero-order valence-corrected chi connectivity index (χ0v) is 15.6. The highest BCUT2D eigenvalue weighted by molar-refractivity contribution is 6.08. The Balaban J connectivity index is 1.48. The first-order chi connectivity index (χ1) is 13.4. The number of amides is 4. The van der Waals surface area contributed by atoms with Gasteiger partial charge < -0.3 is 14.8 Å². The lowest BCUT2D eigenvalue weighted by Gasteiger charge is -2.30. The molecule has 150 valence electrons. The molecule has 9 nitrogen and oxygen atoms in total. The van der Waals surface area contributed by atoms with Crippen molar-refractivity contribution in [1.29, 1.82) is 0 Å². The number of carbonyl (C=O) groups excluding carboxylic acids is 4. The number of hydrazine groups is 1. The highest BCUT2D eigenvalue weighted by atomic mass is 16.6. The van der Waals surface area contributed by atoms with Crippen molar-refractivity contribution >= 4 is 23.8 Å². The first-order valence-corrected chi connectivity index (χ1v) is 9.26. The van der Waals surface area contributed by atoms with Crippen LogP contribution >= 0.6 is 0 Å². The monoisotopic (exact) mass is 389 g/mol. The molecule has 1 aromatic carbocycles. The molecule has 9 heteroatoms. The quantitative estimate of drug-likeness (QED) is 0.560. The molecule has 3 rings (SSSR count). The molecule has 0 aromatic heterocycles. The Morgan fingerprint density at radius 3 is 2.54 bits per heavy atom. The number of imide groups is 1. The number of hydrogen-bond acceptors (Lipinski definition) is 6. The van der Waals surface area contributed by atoms with Crippen LogP contribution in [0.15, 0.2) is 30.3 Å². The number of rotatable bonds is 6. The van der Waals surface area contributed by atoms with Gasteiger partial charge in [-0.1, -0.05) is 37.5 Å². The average Bonchev–Trinajstić information content (AvgIpc) is 2.91. The minimum absolute atomic E-state index is 0.474. The van der Waals surface area contributed by atoms with Crippen LogP contribution in [0.1, 0.15) is 39.0 Å². The van der Waals surface area contributed by atoms with Gasteiger partial charge in [0, 0.05) is 0 Å². The van der Waals surface area contributed by atoms with Gasteiger partial charge in [0.1, 0.15) is 11.3 Å². The maximum atomic E-state index is 12.6. The van der Waals surface area contributed by atoms with Crippen molar-refractivity contribution in [3.63, 3.8) is 0 Å². The van der Waals surface area contributed by atoms with Gasteiger partial charge >= 0.3 is 12.0 Å². The highest BCUT2D eigenvalue weighted by Gasteiger charge is 2.52. The van der Waals surface area contributed by atoms with E-state index in [9.17, 15) is 19.2 Å². The van der Waals surface area contributed by atoms with Gasteiger partial charge in [-0.2, -0.15) is 5.01 Å². The van der Waals surface area contributed by atoms with Crippen molar-refractivity contribution in [2.75, 3.05) is 6.61 Å². The van der Waals surface area contributed by atoms with Crippen molar-refractivity contribution in [2.24, 2.45) is 0 Å². The Labute approximate surface area is 162 Å². The molecule has 1 heterocycles.